The van der Waals surface area contributed by atoms with Crippen molar-refractivity contribution in [1.82, 2.24) is 9.97 Å². The second kappa shape index (κ2) is 2.74. The lowest BCUT2D eigenvalue weighted by Crippen LogP contribution is -2.02. The molecule has 0 aromatic carbocycles. The summed E-state index contributed by atoms with van der Waals surface area (Å²) in [7, 11) is 1.73. The number of thiazole rings is 1. The standard InChI is InChI=1S/C7H7N3O2S/c1-8-7-10-6-5(13-7)3(11)2-4(12)9-6/h2H,1H3,(H3,8,9,10,11,12). The van der Waals surface area contributed by atoms with Crippen molar-refractivity contribution in [2.24, 2.45) is 0 Å². The fraction of sp³-hybridized carbons (Fsp3) is 0.143. The normalized spacial score (nSPS) is 10.5. The first-order valence-electron chi connectivity index (χ1n) is 3.61. The Kier molecular flexibility index (Phi) is 1.70. The van der Waals surface area contributed by atoms with Gasteiger partial charge in [-0.05, 0) is 0 Å². The lowest BCUT2D eigenvalue weighted by molar-refractivity contribution is 0.481. The van der Waals surface area contributed by atoms with Crippen LogP contribution in [0.4, 0.5) is 5.13 Å². The molecule has 0 aliphatic rings. The average molecular weight is 197 g/mol. The van der Waals surface area contributed by atoms with Crippen molar-refractivity contribution in [2.45, 2.75) is 0 Å². The Morgan fingerprint density at radius 3 is 3.15 bits per heavy atom. The van der Waals surface area contributed by atoms with Crippen LogP contribution in [0.15, 0.2) is 10.9 Å². The van der Waals surface area contributed by atoms with Crippen molar-refractivity contribution in [3.05, 3.63) is 16.4 Å². The number of aromatic amines is 1. The van der Waals surface area contributed by atoms with Gasteiger partial charge in [0.2, 0.25) is 0 Å². The van der Waals surface area contributed by atoms with E-state index in [2.05, 4.69) is 15.3 Å². The number of nitrogens with zero attached hydrogens (tertiary/aromatic N) is 1. The molecule has 0 saturated heterocycles. The van der Waals surface area contributed by atoms with E-state index in [1.165, 1.54) is 11.3 Å². The van der Waals surface area contributed by atoms with Gasteiger partial charge >= 0.3 is 0 Å². The predicted molar refractivity (Wildman–Crippen MR) is 51.5 cm³/mol. The number of H-pyrrole nitrogens is 1. The van der Waals surface area contributed by atoms with Gasteiger partial charge in [0.1, 0.15) is 10.4 Å². The maximum atomic E-state index is 10.9. The van der Waals surface area contributed by atoms with E-state index in [9.17, 15) is 9.90 Å². The topological polar surface area (TPSA) is 78.0 Å². The zero-order valence-electron chi connectivity index (χ0n) is 6.79. The first kappa shape index (κ1) is 8.06. The summed E-state index contributed by atoms with van der Waals surface area (Å²) in [6.45, 7) is 0. The van der Waals surface area contributed by atoms with Crippen LogP contribution in [0.3, 0.4) is 0 Å². The Labute approximate surface area is 77.1 Å². The maximum Gasteiger partial charge on any atom is 0.253 e. The molecule has 0 aliphatic heterocycles. The van der Waals surface area contributed by atoms with Crippen LogP contribution < -0.4 is 10.9 Å². The minimum atomic E-state index is -0.349. The van der Waals surface area contributed by atoms with Crippen LogP contribution in [0, 0.1) is 0 Å². The minimum Gasteiger partial charge on any atom is -0.506 e. The number of pyridine rings is 1. The van der Waals surface area contributed by atoms with Crippen molar-refractivity contribution in [3.8, 4) is 5.75 Å². The third kappa shape index (κ3) is 1.25. The second-order valence-electron chi connectivity index (χ2n) is 2.47. The summed E-state index contributed by atoms with van der Waals surface area (Å²) in [5.74, 6) is -0.0299. The molecule has 2 aromatic rings. The van der Waals surface area contributed by atoms with Gasteiger partial charge < -0.3 is 15.4 Å². The molecule has 0 bridgehead atoms. The van der Waals surface area contributed by atoms with Gasteiger partial charge in [0.15, 0.2) is 10.8 Å². The minimum absolute atomic E-state index is 0.0299. The van der Waals surface area contributed by atoms with Crippen LogP contribution >= 0.6 is 11.3 Å². The maximum absolute atomic E-state index is 10.9. The molecule has 2 heterocycles. The molecule has 0 saturated carbocycles. The molecule has 0 unspecified atom stereocenters. The largest absolute Gasteiger partial charge is 0.506 e. The highest BCUT2D eigenvalue weighted by Crippen LogP contribution is 2.29. The number of aromatic nitrogens is 2. The summed E-state index contributed by atoms with van der Waals surface area (Å²) in [6, 6.07) is 1.14. The fourth-order valence-corrected chi connectivity index (χ4v) is 1.82. The van der Waals surface area contributed by atoms with E-state index < -0.39 is 0 Å². The third-order valence-corrected chi connectivity index (χ3v) is 2.68. The predicted octanol–water partition coefficient (Wildman–Crippen LogP) is 0.732. The Morgan fingerprint density at radius 2 is 2.46 bits per heavy atom. The molecule has 0 fully saturated rings. The van der Waals surface area contributed by atoms with Crippen LogP contribution in [0.5, 0.6) is 5.75 Å². The molecule has 13 heavy (non-hydrogen) atoms. The molecule has 0 radical (unpaired) electrons. The number of hydrogen-bond acceptors (Lipinski definition) is 5. The monoisotopic (exact) mass is 197 g/mol. The first-order valence-corrected chi connectivity index (χ1v) is 4.43. The van der Waals surface area contributed by atoms with Gasteiger partial charge in [0.05, 0.1) is 0 Å². The van der Waals surface area contributed by atoms with Crippen LogP contribution in [0.1, 0.15) is 0 Å². The highest BCUT2D eigenvalue weighted by molar-refractivity contribution is 7.22. The van der Waals surface area contributed by atoms with E-state index >= 15 is 0 Å². The van der Waals surface area contributed by atoms with Crippen molar-refractivity contribution in [1.29, 1.82) is 0 Å². The molecular formula is C7H7N3O2S. The van der Waals surface area contributed by atoms with Crippen molar-refractivity contribution >= 4 is 26.8 Å². The summed E-state index contributed by atoms with van der Waals surface area (Å²) >= 11 is 1.29. The SMILES string of the molecule is CNc1nc2[nH]c(=O)cc(O)c2s1. The fourth-order valence-electron chi connectivity index (χ4n) is 1.03. The highest BCUT2D eigenvalue weighted by atomic mass is 32.1. The first-order chi connectivity index (χ1) is 6.20. The summed E-state index contributed by atoms with van der Waals surface area (Å²) in [4.78, 5) is 17.5. The third-order valence-electron chi connectivity index (χ3n) is 1.58. The molecule has 0 aliphatic carbocycles. The second-order valence-corrected chi connectivity index (χ2v) is 3.46. The summed E-state index contributed by atoms with van der Waals surface area (Å²) < 4.78 is 0.587. The molecule has 6 heteroatoms. The molecule has 0 atom stereocenters. The number of aromatic hydroxyl groups is 1. The van der Waals surface area contributed by atoms with Crippen molar-refractivity contribution < 1.29 is 5.11 Å². The highest BCUT2D eigenvalue weighted by Gasteiger charge is 2.07. The zero-order chi connectivity index (χ0) is 9.42. The smallest absolute Gasteiger partial charge is 0.253 e. The molecule has 0 spiro atoms. The Bertz CT molecular complexity index is 502. The lowest BCUT2D eigenvalue weighted by Gasteiger charge is -1.89. The Hall–Kier alpha value is -1.56. The van der Waals surface area contributed by atoms with Gasteiger partial charge in [-0.1, -0.05) is 11.3 Å². The van der Waals surface area contributed by atoms with Gasteiger partial charge in [0.25, 0.3) is 5.56 Å². The van der Waals surface area contributed by atoms with Crippen LogP contribution in [-0.2, 0) is 0 Å². The van der Waals surface area contributed by atoms with Gasteiger partial charge in [-0.25, -0.2) is 4.98 Å². The van der Waals surface area contributed by atoms with Crippen molar-refractivity contribution in [2.75, 3.05) is 12.4 Å². The van der Waals surface area contributed by atoms with E-state index in [0.29, 0.717) is 15.5 Å². The average Bonchev–Trinajstić information content (AvgIpc) is 2.47. The van der Waals surface area contributed by atoms with Crippen LogP contribution in [0.25, 0.3) is 10.3 Å². The lowest BCUT2D eigenvalue weighted by atomic mass is 10.4. The number of hydrogen-bond donors (Lipinski definition) is 3. The van der Waals surface area contributed by atoms with Gasteiger partial charge in [-0.2, -0.15) is 0 Å². The van der Waals surface area contributed by atoms with E-state index in [0.717, 1.165) is 6.07 Å². The number of rotatable bonds is 1. The number of nitrogens with one attached hydrogen (secondary N) is 2. The molecule has 0 amide bonds. The van der Waals surface area contributed by atoms with E-state index in [-0.39, 0.29) is 11.3 Å². The van der Waals surface area contributed by atoms with E-state index in [4.69, 9.17) is 0 Å². The molecule has 2 rings (SSSR count). The van der Waals surface area contributed by atoms with Gasteiger partial charge in [-0.15, -0.1) is 0 Å². The summed E-state index contributed by atoms with van der Waals surface area (Å²) in [6.07, 6.45) is 0. The van der Waals surface area contributed by atoms with Crippen LogP contribution in [0.2, 0.25) is 0 Å². The quantitative estimate of drug-likeness (QED) is 0.629. The van der Waals surface area contributed by atoms with Crippen LogP contribution in [-0.4, -0.2) is 22.1 Å². The molecule has 5 nitrogen and oxygen atoms in total. The molecule has 2 aromatic heterocycles. The number of anilines is 1. The van der Waals surface area contributed by atoms with Gasteiger partial charge in [0, 0.05) is 13.1 Å². The van der Waals surface area contributed by atoms with Gasteiger partial charge in [-0.3, -0.25) is 4.79 Å². The van der Waals surface area contributed by atoms with E-state index in [1.54, 1.807) is 7.05 Å². The van der Waals surface area contributed by atoms with E-state index in [1.807, 2.05) is 0 Å². The molecular weight excluding hydrogens is 190 g/mol. The zero-order valence-corrected chi connectivity index (χ0v) is 7.60. The number of fused-ring (bicyclic) bond motifs is 1. The Morgan fingerprint density at radius 1 is 1.69 bits per heavy atom. The molecule has 68 valence electrons. The molecule has 3 N–H and O–H groups in total. The Balaban J connectivity index is 2.83. The summed E-state index contributed by atoms with van der Waals surface area (Å²) in [5.41, 5.74) is 0.0669. The summed E-state index contributed by atoms with van der Waals surface area (Å²) in [5, 5.41) is 12.9. The van der Waals surface area contributed by atoms with Crippen molar-refractivity contribution in [3.63, 3.8) is 0 Å².